The van der Waals surface area contributed by atoms with Crippen LogP contribution in [0.25, 0.3) is 0 Å². The molecule has 136 valence electrons. The maximum atomic E-state index is 13.0. The fourth-order valence-electron chi connectivity index (χ4n) is 3.43. The van der Waals surface area contributed by atoms with Crippen molar-refractivity contribution in [3.8, 4) is 0 Å². The van der Waals surface area contributed by atoms with Crippen LogP contribution in [0.2, 0.25) is 0 Å². The molecule has 2 aromatic heterocycles. The van der Waals surface area contributed by atoms with Crippen LogP contribution in [-0.4, -0.2) is 41.0 Å². The molecule has 7 nitrogen and oxygen atoms in total. The van der Waals surface area contributed by atoms with E-state index >= 15 is 0 Å². The smallest absolute Gasteiger partial charge is 0.318 e. The average molecular weight is 346 g/mol. The van der Waals surface area contributed by atoms with Gasteiger partial charge in [-0.1, -0.05) is 0 Å². The molecule has 3 rings (SSSR count). The van der Waals surface area contributed by atoms with Crippen molar-refractivity contribution in [3.63, 3.8) is 0 Å². The van der Waals surface area contributed by atoms with Crippen LogP contribution in [0, 0.1) is 6.92 Å². The number of nitrogens with one attached hydrogen (secondary N) is 1. The molecule has 0 aromatic carbocycles. The first-order valence-electron chi connectivity index (χ1n) is 8.70. The van der Waals surface area contributed by atoms with Gasteiger partial charge in [0, 0.05) is 26.9 Å². The standard InChI is InChI=1S/C18H26N4O3/c1-13-7-8-17(25-13)14(12-24-3)20-18(23)22-11-5-4-6-16(22)15-9-10-19-21(15)2/h7-10,14,16H,4-6,11-12H2,1-3H3,(H,20,23)/t14-,16+/m0/s1. The largest absolute Gasteiger partial charge is 0.464 e. The zero-order chi connectivity index (χ0) is 17.8. The lowest BCUT2D eigenvalue weighted by molar-refractivity contribution is 0.125. The Morgan fingerprint density at radius 3 is 2.92 bits per heavy atom. The Morgan fingerprint density at radius 2 is 2.28 bits per heavy atom. The van der Waals surface area contributed by atoms with Gasteiger partial charge in [-0.2, -0.15) is 5.10 Å². The Hall–Kier alpha value is -2.28. The molecule has 0 spiro atoms. The molecule has 0 radical (unpaired) electrons. The first-order chi connectivity index (χ1) is 12.1. The van der Waals surface area contributed by atoms with Crippen LogP contribution in [0.4, 0.5) is 4.79 Å². The summed E-state index contributed by atoms with van der Waals surface area (Å²) in [5, 5.41) is 7.32. The highest BCUT2D eigenvalue weighted by atomic mass is 16.5. The molecule has 25 heavy (non-hydrogen) atoms. The zero-order valence-electron chi connectivity index (χ0n) is 15.1. The number of aromatic nitrogens is 2. The lowest BCUT2D eigenvalue weighted by atomic mass is 9.99. The van der Waals surface area contributed by atoms with Gasteiger partial charge in [-0.15, -0.1) is 0 Å². The molecule has 1 saturated heterocycles. The van der Waals surface area contributed by atoms with Crippen molar-refractivity contribution in [2.45, 2.75) is 38.3 Å². The second-order valence-corrected chi connectivity index (χ2v) is 6.49. The third-order valence-corrected chi connectivity index (χ3v) is 4.70. The van der Waals surface area contributed by atoms with E-state index in [2.05, 4.69) is 10.4 Å². The number of urea groups is 1. The van der Waals surface area contributed by atoms with Crippen molar-refractivity contribution in [2.75, 3.05) is 20.3 Å². The van der Waals surface area contributed by atoms with Crippen molar-refractivity contribution in [1.82, 2.24) is 20.0 Å². The van der Waals surface area contributed by atoms with E-state index in [1.807, 2.05) is 41.8 Å². The Labute approximate surface area is 147 Å². The fraction of sp³-hybridized carbons (Fsp3) is 0.556. The quantitative estimate of drug-likeness (QED) is 0.903. The van der Waals surface area contributed by atoms with Crippen LogP contribution in [0.15, 0.2) is 28.8 Å². The molecule has 0 saturated carbocycles. The Bertz CT molecular complexity index is 709. The molecule has 2 amide bonds. The van der Waals surface area contributed by atoms with Crippen LogP contribution in [0.5, 0.6) is 0 Å². The molecule has 0 unspecified atom stereocenters. The van der Waals surface area contributed by atoms with Gasteiger partial charge in [-0.05, 0) is 44.4 Å². The van der Waals surface area contributed by atoms with Gasteiger partial charge in [-0.25, -0.2) is 4.79 Å². The van der Waals surface area contributed by atoms with E-state index in [0.29, 0.717) is 12.4 Å². The number of rotatable bonds is 5. The number of furan rings is 1. The summed E-state index contributed by atoms with van der Waals surface area (Å²) in [4.78, 5) is 14.9. The number of amides is 2. The van der Waals surface area contributed by atoms with Crippen LogP contribution in [-0.2, 0) is 11.8 Å². The van der Waals surface area contributed by atoms with Gasteiger partial charge in [0.25, 0.3) is 0 Å². The minimum atomic E-state index is -0.305. The summed E-state index contributed by atoms with van der Waals surface area (Å²) in [6.45, 7) is 2.99. The highest BCUT2D eigenvalue weighted by molar-refractivity contribution is 5.75. The first-order valence-corrected chi connectivity index (χ1v) is 8.70. The summed E-state index contributed by atoms with van der Waals surface area (Å²) < 4.78 is 12.8. The van der Waals surface area contributed by atoms with Crippen LogP contribution < -0.4 is 5.32 Å². The summed E-state index contributed by atoms with van der Waals surface area (Å²) in [5.74, 6) is 1.53. The molecular formula is C18H26N4O3. The van der Waals surface area contributed by atoms with Gasteiger partial charge in [0.15, 0.2) is 0 Å². The third-order valence-electron chi connectivity index (χ3n) is 4.70. The topological polar surface area (TPSA) is 72.5 Å². The number of aryl methyl sites for hydroxylation is 2. The predicted octanol–water partition coefficient (Wildman–Crippen LogP) is 2.95. The van der Waals surface area contributed by atoms with E-state index in [1.54, 1.807) is 13.3 Å². The molecule has 1 N–H and O–H groups in total. The highest BCUT2D eigenvalue weighted by Crippen LogP contribution is 2.31. The van der Waals surface area contributed by atoms with Crippen molar-refractivity contribution in [1.29, 1.82) is 0 Å². The average Bonchev–Trinajstić information content (AvgIpc) is 3.22. The van der Waals surface area contributed by atoms with E-state index in [-0.39, 0.29) is 18.1 Å². The van der Waals surface area contributed by atoms with Gasteiger partial charge >= 0.3 is 6.03 Å². The number of hydrogen-bond acceptors (Lipinski definition) is 4. The first kappa shape index (κ1) is 17.5. The summed E-state index contributed by atoms with van der Waals surface area (Å²) in [7, 11) is 3.54. The Balaban J connectivity index is 1.76. The number of likely N-dealkylation sites (tertiary alicyclic amines) is 1. The minimum absolute atomic E-state index is 0.0442. The monoisotopic (exact) mass is 346 g/mol. The van der Waals surface area contributed by atoms with E-state index in [4.69, 9.17) is 9.15 Å². The highest BCUT2D eigenvalue weighted by Gasteiger charge is 2.31. The zero-order valence-corrected chi connectivity index (χ0v) is 15.1. The van der Waals surface area contributed by atoms with Crippen molar-refractivity contribution >= 4 is 6.03 Å². The number of piperidine rings is 1. The summed E-state index contributed by atoms with van der Waals surface area (Å²) >= 11 is 0. The molecule has 3 heterocycles. The molecule has 2 aromatic rings. The predicted molar refractivity (Wildman–Crippen MR) is 93.1 cm³/mol. The fourth-order valence-corrected chi connectivity index (χ4v) is 3.43. The Morgan fingerprint density at radius 1 is 1.44 bits per heavy atom. The van der Waals surface area contributed by atoms with E-state index in [9.17, 15) is 4.79 Å². The van der Waals surface area contributed by atoms with E-state index in [1.165, 1.54) is 0 Å². The van der Waals surface area contributed by atoms with Crippen molar-refractivity contribution in [3.05, 3.63) is 41.6 Å². The van der Waals surface area contributed by atoms with E-state index in [0.717, 1.165) is 37.3 Å². The normalized spacial score (nSPS) is 19.0. The van der Waals surface area contributed by atoms with E-state index < -0.39 is 0 Å². The molecule has 2 atom stereocenters. The maximum Gasteiger partial charge on any atom is 0.318 e. The van der Waals surface area contributed by atoms with Crippen molar-refractivity contribution in [2.24, 2.45) is 7.05 Å². The number of methoxy groups -OCH3 is 1. The van der Waals surface area contributed by atoms with Gasteiger partial charge in [0.1, 0.15) is 17.6 Å². The second-order valence-electron chi connectivity index (χ2n) is 6.49. The molecular weight excluding hydrogens is 320 g/mol. The third kappa shape index (κ3) is 3.87. The Kier molecular flexibility index (Phi) is 5.43. The van der Waals surface area contributed by atoms with Gasteiger partial charge in [0.2, 0.25) is 0 Å². The van der Waals surface area contributed by atoms with Crippen LogP contribution in [0.1, 0.15) is 48.6 Å². The SMILES string of the molecule is COC[C@H](NC(=O)N1CCCC[C@@H]1c1ccnn1C)c1ccc(C)o1. The number of ether oxygens (including phenoxy) is 1. The molecule has 1 fully saturated rings. The lowest BCUT2D eigenvalue weighted by Crippen LogP contribution is -2.46. The maximum absolute atomic E-state index is 13.0. The van der Waals surface area contributed by atoms with Gasteiger partial charge in [-0.3, -0.25) is 4.68 Å². The van der Waals surface area contributed by atoms with Crippen LogP contribution >= 0.6 is 0 Å². The summed E-state index contributed by atoms with van der Waals surface area (Å²) in [6, 6.07) is 5.40. The molecule has 0 aliphatic carbocycles. The number of hydrogen-bond donors (Lipinski definition) is 1. The van der Waals surface area contributed by atoms with Crippen molar-refractivity contribution < 1.29 is 13.9 Å². The summed E-state index contributed by atoms with van der Waals surface area (Å²) in [5.41, 5.74) is 1.06. The minimum Gasteiger partial charge on any atom is -0.464 e. The summed E-state index contributed by atoms with van der Waals surface area (Å²) in [6.07, 6.45) is 4.84. The van der Waals surface area contributed by atoms with Gasteiger partial charge in [0.05, 0.1) is 18.3 Å². The molecule has 0 bridgehead atoms. The number of nitrogens with zero attached hydrogens (tertiary/aromatic N) is 3. The molecule has 1 aliphatic heterocycles. The van der Waals surface area contributed by atoms with Crippen LogP contribution in [0.3, 0.4) is 0 Å². The number of carbonyl (C=O) groups excluding carboxylic acids is 1. The number of carbonyl (C=O) groups is 1. The molecule has 1 aliphatic rings. The lowest BCUT2D eigenvalue weighted by Gasteiger charge is -2.36. The second kappa shape index (κ2) is 7.74. The molecule has 7 heteroatoms. The van der Waals surface area contributed by atoms with Gasteiger partial charge < -0.3 is 19.4 Å².